The Morgan fingerprint density at radius 1 is 1.31 bits per heavy atom. The number of aromatic nitrogens is 2. The van der Waals surface area contributed by atoms with E-state index in [2.05, 4.69) is 10.3 Å². The van der Waals surface area contributed by atoms with Crippen LogP contribution in [0.4, 0.5) is 5.82 Å². The minimum atomic E-state index is -0.692. The maximum Gasteiger partial charge on any atom is 0.327 e. The van der Waals surface area contributed by atoms with Gasteiger partial charge in [-0.25, -0.2) is 4.79 Å². The number of rotatable bonds is 2. The largest absolute Gasteiger partial charge is 0.459 e. The summed E-state index contributed by atoms with van der Waals surface area (Å²) >= 11 is 0. The normalized spacial score (nSPS) is 10.0. The van der Waals surface area contributed by atoms with E-state index in [1.807, 2.05) is 4.98 Å². The molecular weight excluding hydrogens is 214 g/mol. The summed E-state index contributed by atoms with van der Waals surface area (Å²) < 4.78 is 4.84. The third-order valence-corrected chi connectivity index (χ3v) is 1.75. The van der Waals surface area contributed by atoms with Crippen molar-refractivity contribution in [2.45, 2.75) is 0 Å². The molecule has 0 spiro atoms. The van der Waals surface area contributed by atoms with Crippen LogP contribution in [0.25, 0.3) is 0 Å². The molecule has 0 unspecified atom stereocenters. The van der Waals surface area contributed by atoms with Gasteiger partial charge in [0.05, 0.1) is 6.26 Å². The van der Waals surface area contributed by atoms with Gasteiger partial charge in [-0.15, -0.1) is 0 Å². The van der Waals surface area contributed by atoms with Crippen LogP contribution in [0.5, 0.6) is 0 Å². The highest BCUT2D eigenvalue weighted by molar-refractivity contribution is 6.01. The predicted octanol–water partition coefficient (Wildman–Crippen LogP) is -0.0915. The molecule has 16 heavy (non-hydrogen) atoms. The number of furan rings is 1. The number of carbonyl (C=O) groups excluding carboxylic acids is 1. The van der Waals surface area contributed by atoms with Gasteiger partial charge in [-0.1, -0.05) is 0 Å². The summed E-state index contributed by atoms with van der Waals surface area (Å²) in [5, 5.41) is 2.32. The molecule has 0 fully saturated rings. The average molecular weight is 221 g/mol. The van der Waals surface area contributed by atoms with Gasteiger partial charge in [0.1, 0.15) is 5.82 Å². The lowest BCUT2D eigenvalue weighted by atomic mass is 10.4. The van der Waals surface area contributed by atoms with Gasteiger partial charge in [0.15, 0.2) is 5.76 Å². The molecule has 0 atom stereocenters. The standard InChI is InChI=1S/C9H7N3O4/c13-7-4-6(11-9(15)12-7)10-8(14)5-2-1-3-16-5/h1-4H,(H3,10,11,12,13,14,15). The van der Waals surface area contributed by atoms with Crippen LogP contribution in [-0.4, -0.2) is 15.9 Å². The summed E-state index contributed by atoms with van der Waals surface area (Å²) in [4.78, 5) is 37.5. The molecular formula is C9H7N3O4. The molecule has 1 amide bonds. The van der Waals surface area contributed by atoms with Crippen LogP contribution in [0.3, 0.4) is 0 Å². The van der Waals surface area contributed by atoms with E-state index in [0.29, 0.717) is 0 Å². The Bertz CT molecular complexity index is 580. The second kappa shape index (κ2) is 3.89. The summed E-state index contributed by atoms with van der Waals surface area (Å²) in [5.41, 5.74) is -1.29. The van der Waals surface area contributed by atoms with Gasteiger partial charge < -0.3 is 9.73 Å². The fraction of sp³-hybridized carbons (Fsp3) is 0. The van der Waals surface area contributed by atoms with Crippen LogP contribution in [0, 0.1) is 0 Å². The van der Waals surface area contributed by atoms with Crippen molar-refractivity contribution in [3.05, 3.63) is 51.1 Å². The zero-order valence-electron chi connectivity index (χ0n) is 7.94. The van der Waals surface area contributed by atoms with E-state index in [-0.39, 0.29) is 11.6 Å². The first kappa shape index (κ1) is 9.97. The summed E-state index contributed by atoms with van der Waals surface area (Å²) in [6.07, 6.45) is 1.34. The molecule has 2 heterocycles. The maximum absolute atomic E-state index is 11.5. The topological polar surface area (TPSA) is 108 Å². The Hall–Kier alpha value is -2.57. The molecule has 0 aliphatic heterocycles. The highest BCUT2D eigenvalue weighted by Crippen LogP contribution is 2.03. The number of hydrogen-bond acceptors (Lipinski definition) is 4. The molecule has 2 rings (SSSR count). The number of H-pyrrole nitrogens is 2. The Morgan fingerprint density at radius 3 is 2.75 bits per heavy atom. The minimum Gasteiger partial charge on any atom is -0.459 e. The van der Waals surface area contributed by atoms with Gasteiger partial charge >= 0.3 is 5.69 Å². The first-order chi connectivity index (χ1) is 7.65. The second-order valence-electron chi connectivity index (χ2n) is 2.93. The molecule has 7 heteroatoms. The number of aromatic amines is 2. The quantitative estimate of drug-likeness (QED) is 0.658. The average Bonchev–Trinajstić information content (AvgIpc) is 2.68. The van der Waals surface area contributed by atoms with Crippen molar-refractivity contribution in [3.8, 4) is 0 Å². The van der Waals surface area contributed by atoms with Crippen LogP contribution in [0.15, 0.2) is 38.5 Å². The van der Waals surface area contributed by atoms with Crippen molar-refractivity contribution in [2.75, 3.05) is 5.32 Å². The van der Waals surface area contributed by atoms with Crippen molar-refractivity contribution in [2.24, 2.45) is 0 Å². The lowest BCUT2D eigenvalue weighted by molar-refractivity contribution is 0.0996. The van der Waals surface area contributed by atoms with E-state index in [1.165, 1.54) is 12.3 Å². The SMILES string of the molecule is O=C(Nc1cc(=O)[nH]c(=O)[nH]1)c1ccco1. The van der Waals surface area contributed by atoms with Crippen LogP contribution in [-0.2, 0) is 0 Å². The van der Waals surface area contributed by atoms with Crippen molar-refractivity contribution in [1.82, 2.24) is 9.97 Å². The molecule has 82 valence electrons. The first-order valence-corrected chi connectivity index (χ1v) is 4.33. The number of amides is 1. The van der Waals surface area contributed by atoms with Gasteiger partial charge in [0, 0.05) is 6.07 Å². The van der Waals surface area contributed by atoms with Gasteiger partial charge in [-0.2, -0.15) is 0 Å². The lowest BCUT2D eigenvalue weighted by Crippen LogP contribution is -2.24. The molecule has 2 aromatic heterocycles. The summed E-state index contributed by atoms with van der Waals surface area (Å²) in [6, 6.07) is 4.07. The Balaban J connectivity index is 2.25. The highest BCUT2D eigenvalue weighted by Gasteiger charge is 2.09. The van der Waals surface area contributed by atoms with Crippen LogP contribution < -0.4 is 16.6 Å². The molecule has 0 radical (unpaired) electrons. The van der Waals surface area contributed by atoms with Crippen molar-refractivity contribution < 1.29 is 9.21 Å². The molecule has 0 aliphatic rings. The molecule has 0 saturated heterocycles. The molecule has 0 aliphatic carbocycles. The third-order valence-electron chi connectivity index (χ3n) is 1.75. The minimum absolute atomic E-state index is 0.00940. The molecule has 3 N–H and O–H groups in total. The van der Waals surface area contributed by atoms with Crippen molar-refractivity contribution in [1.29, 1.82) is 0 Å². The Kier molecular flexibility index (Phi) is 2.42. The summed E-state index contributed by atoms with van der Waals surface area (Å²) in [5.74, 6) is -0.456. The number of hydrogen-bond donors (Lipinski definition) is 3. The molecule has 0 saturated carbocycles. The Morgan fingerprint density at radius 2 is 2.12 bits per heavy atom. The number of nitrogens with one attached hydrogen (secondary N) is 3. The van der Waals surface area contributed by atoms with Crippen molar-refractivity contribution >= 4 is 11.7 Å². The maximum atomic E-state index is 11.5. The zero-order chi connectivity index (χ0) is 11.5. The van der Waals surface area contributed by atoms with Crippen molar-refractivity contribution in [3.63, 3.8) is 0 Å². The molecule has 0 aromatic carbocycles. The first-order valence-electron chi connectivity index (χ1n) is 4.33. The van der Waals surface area contributed by atoms with E-state index in [9.17, 15) is 14.4 Å². The third kappa shape index (κ3) is 2.08. The molecule has 7 nitrogen and oxygen atoms in total. The number of carbonyl (C=O) groups is 1. The fourth-order valence-electron chi connectivity index (χ4n) is 1.13. The summed E-state index contributed by atoms with van der Waals surface area (Å²) in [6.45, 7) is 0. The van der Waals surface area contributed by atoms with E-state index in [0.717, 1.165) is 6.07 Å². The van der Waals surface area contributed by atoms with Gasteiger partial charge in [-0.05, 0) is 12.1 Å². The van der Waals surface area contributed by atoms with E-state index < -0.39 is 17.2 Å². The summed E-state index contributed by atoms with van der Waals surface area (Å²) in [7, 11) is 0. The smallest absolute Gasteiger partial charge is 0.327 e. The van der Waals surface area contributed by atoms with E-state index in [1.54, 1.807) is 6.07 Å². The number of anilines is 1. The molecule has 2 aromatic rings. The van der Waals surface area contributed by atoms with Gasteiger partial charge in [-0.3, -0.25) is 19.6 Å². The lowest BCUT2D eigenvalue weighted by Gasteiger charge is -2.00. The highest BCUT2D eigenvalue weighted by atomic mass is 16.3. The fourth-order valence-corrected chi connectivity index (χ4v) is 1.13. The van der Waals surface area contributed by atoms with Gasteiger partial charge in [0.2, 0.25) is 0 Å². The monoisotopic (exact) mass is 221 g/mol. The van der Waals surface area contributed by atoms with E-state index in [4.69, 9.17) is 4.42 Å². The second-order valence-corrected chi connectivity index (χ2v) is 2.93. The van der Waals surface area contributed by atoms with E-state index >= 15 is 0 Å². The predicted molar refractivity (Wildman–Crippen MR) is 54.3 cm³/mol. The molecule has 0 bridgehead atoms. The Labute approximate surface area is 88.1 Å². The van der Waals surface area contributed by atoms with Crippen LogP contribution >= 0.6 is 0 Å². The van der Waals surface area contributed by atoms with Gasteiger partial charge in [0.25, 0.3) is 11.5 Å². The van der Waals surface area contributed by atoms with Crippen LogP contribution in [0.2, 0.25) is 0 Å². The van der Waals surface area contributed by atoms with Crippen LogP contribution in [0.1, 0.15) is 10.6 Å². The zero-order valence-corrected chi connectivity index (χ0v) is 7.94.